The third kappa shape index (κ3) is 2.58. The molecule has 0 aromatic rings. The molecule has 3 rings (SSSR count). The Balaban J connectivity index is 1.73. The van der Waals surface area contributed by atoms with E-state index in [1.807, 2.05) is 0 Å². The Bertz CT molecular complexity index is 448. The monoisotopic (exact) mass is 310 g/mol. The van der Waals surface area contributed by atoms with E-state index in [-0.39, 0.29) is 5.78 Å². The number of hydrogen-bond acceptors (Lipinski definition) is 5. The molecule has 8 heteroatoms. The van der Waals surface area contributed by atoms with Gasteiger partial charge in [-0.25, -0.2) is 0 Å². The number of Topliss-reactive ketones (excluding diaryl/α,β-unsaturated/α-hetero) is 1. The maximum absolute atomic E-state index is 12.2. The minimum Gasteiger partial charge on any atom is -0.373 e. The summed E-state index contributed by atoms with van der Waals surface area (Å²) >= 11 is 0. The van der Waals surface area contributed by atoms with Crippen LogP contribution < -0.4 is 0 Å². The lowest BCUT2D eigenvalue weighted by molar-refractivity contribution is -0.184. The molecule has 3 fully saturated rings. The summed E-state index contributed by atoms with van der Waals surface area (Å²) in [5.74, 6) is -0.524. The van der Waals surface area contributed by atoms with Crippen LogP contribution in [0.1, 0.15) is 19.8 Å². The van der Waals surface area contributed by atoms with Crippen LogP contribution in [-0.4, -0.2) is 55.9 Å². The fourth-order valence-electron chi connectivity index (χ4n) is 3.39. The maximum Gasteiger partial charge on any atom is 0.411 e. The van der Waals surface area contributed by atoms with Gasteiger partial charge in [0, 0.05) is 13.5 Å². The number of hydrogen-bond donors (Lipinski definition) is 0. The molecule has 0 aromatic heterocycles. The highest BCUT2D eigenvalue weighted by Crippen LogP contribution is 2.58. The highest BCUT2D eigenvalue weighted by Gasteiger charge is 2.73. The van der Waals surface area contributed by atoms with Crippen molar-refractivity contribution in [3.8, 4) is 0 Å². The van der Waals surface area contributed by atoms with Gasteiger partial charge in [0.25, 0.3) is 0 Å². The summed E-state index contributed by atoms with van der Waals surface area (Å²) in [5, 5.41) is 0. The van der Waals surface area contributed by atoms with E-state index >= 15 is 0 Å². The molecule has 3 aliphatic rings. The van der Waals surface area contributed by atoms with E-state index in [9.17, 15) is 18.0 Å². The van der Waals surface area contributed by atoms with Gasteiger partial charge in [-0.2, -0.15) is 13.2 Å². The number of carbonyl (C=O) groups is 1. The highest BCUT2D eigenvalue weighted by atomic mass is 19.4. The normalized spacial score (nSPS) is 46.0. The van der Waals surface area contributed by atoms with E-state index in [1.165, 1.54) is 7.11 Å². The number of epoxide rings is 2. The molecular formula is C13H17F3O5. The molecule has 0 bridgehead atoms. The molecule has 2 heterocycles. The first-order chi connectivity index (χ1) is 9.72. The number of methoxy groups -OCH3 is 1. The smallest absolute Gasteiger partial charge is 0.373 e. The third-order valence-electron chi connectivity index (χ3n) is 4.54. The van der Waals surface area contributed by atoms with E-state index in [2.05, 4.69) is 0 Å². The second kappa shape index (κ2) is 4.65. The Labute approximate surface area is 119 Å². The van der Waals surface area contributed by atoms with Gasteiger partial charge in [-0.15, -0.1) is 0 Å². The molecule has 1 saturated carbocycles. The standard InChI is InChI=1S/C13H17F3O5/c1-11(10(21-11)19-6-13(14,15)16)9-8(18-2)7(17)3-4-12(9)5-20-12/h8-10H,3-6H2,1-2H3/t8-,9-,10+,11-,12+/m1/s1. The van der Waals surface area contributed by atoms with Crippen molar-refractivity contribution in [1.82, 2.24) is 0 Å². The van der Waals surface area contributed by atoms with Crippen molar-refractivity contribution in [3.63, 3.8) is 0 Å². The van der Waals surface area contributed by atoms with Gasteiger partial charge in [-0.3, -0.25) is 4.79 Å². The van der Waals surface area contributed by atoms with Crippen LogP contribution in [-0.2, 0) is 23.7 Å². The SMILES string of the molecule is CO[C@@H]1C(=O)CC[C@]2(CO2)[C@H]1[C@@]1(C)O[C@@H]1OCC(F)(F)F. The molecule has 0 N–H and O–H groups in total. The Kier molecular flexibility index (Phi) is 3.36. The molecule has 0 aromatic carbocycles. The summed E-state index contributed by atoms with van der Waals surface area (Å²) < 4.78 is 57.6. The molecule has 0 amide bonds. The fourth-order valence-corrected chi connectivity index (χ4v) is 3.39. The number of halogens is 3. The summed E-state index contributed by atoms with van der Waals surface area (Å²) in [5.41, 5.74) is -1.52. The first-order valence-electron chi connectivity index (χ1n) is 6.77. The zero-order valence-electron chi connectivity index (χ0n) is 11.7. The van der Waals surface area contributed by atoms with Crippen molar-refractivity contribution in [1.29, 1.82) is 0 Å². The van der Waals surface area contributed by atoms with Gasteiger partial charge in [0.15, 0.2) is 12.1 Å². The van der Waals surface area contributed by atoms with Crippen LogP contribution >= 0.6 is 0 Å². The number of carbonyl (C=O) groups excluding carboxylic acids is 1. The largest absolute Gasteiger partial charge is 0.411 e. The van der Waals surface area contributed by atoms with Gasteiger partial charge in [0.1, 0.15) is 23.9 Å². The van der Waals surface area contributed by atoms with Gasteiger partial charge < -0.3 is 18.9 Å². The zero-order valence-corrected chi connectivity index (χ0v) is 11.7. The third-order valence-corrected chi connectivity index (χ3v) is 4.54. The Hall–Kier alpha value is -0.700. The second-order valence-corrected chi connectivity index (χ2v) is 6.01. The summed E-state index contributed by atoms with van der Waals surface area (Å²) in [6.45, 7) is 0.738. The second-order valence-electron chi connectivity index (χ2n) is 6.01. The van der Waals surface area contributed by atoms with Crippen LogP contribution in [0, 0.1) is 5.92 Å². The van der Waals surface area contributed by atoms with Gasteiger partial charge in [0.2, 0.25) is 0 Å². The van der Waals surface area contributed by atoms with Crippen molar-refractivity contribution < 1.29 is 36.9 Å². The number of ether oxygens (including phenoxy) is 4. The predicted molar refractivity (Wildman–Crippen MR) is 62.5 cm³/mol. The molecule has 1 aliphatic carbocycles. The molecule has 21 heavy (non-hydrogen) atoms. The number of alkyl halides is 3. The molecule has 0 unspecified atom stereocenters. The predicted octanol–water partition coefficient (Wildman–Crippen LogP) is 1.44. The topological polar surface area (TPSA) is 60.6 Å². The van der Waals surface area contributed by atoms with Gasteiger partial charge >= 0.3 is 6.18 Å². The van der Waals surface area contributed by atoms with E-state index < -0.39 is 42.3 Å². The quantitative estimate of drug-likeness (QED) is 0.735. The van der Waals surface area contributed by atoms with Crippen LogP contribution in [0.4, 0.5) is 13.2 Å². The molecule has 5 atom stereocenters. The number of rotatable bonds is 4. The average Bonchev–Trinajstić information content (AvgIpc) is 3.28. The van der Waals surface area contributed by atoms with E-state index in [0.29, 0.717) is 19.4 Å². The van der Waals surface area contributed by atoms with Crippen molar-refractivity contribution >= 4 is 5.78 Å². The van der Waals surface area contributed by atoms with E-state index in [4.69, 9.17) is 18.9 Å². The van der Waals surface area contributed by atoms with Gasteiger partial charge in [-0.05, 0) is 13.3 Å². The summed E-state index contributed by atoms with van der Waals surface area (Å²) in [6.07, 6.45) is -5.25. The van der Waals surface area contributed by atoms with Crippen LogP contribution in [0.15, 0.2) is 0 Å². The lowest BCUT2D eigenvalue weighted by Crippen LogP contribution is -2.53. The first-order valence-corrected chi connectivity index (χ1v) is 6.77. The van der Waals surface area contributed by atoms with Crippen LogP contribution in [0.25, 0.3) is 0 Å². The fraction of sp³-hybridized carbons (Fsp3) is 0.923. The van der Waals surface area contributed by atoms with Crippen molar-refractivity contribution in [2.24, 2.45) is 5.92 Å². The molecule has 2 aliphatic heterocycles. The minimum absolute atomic E-state index is 0.0741. The molecule has 5 nitrogen and oxygen atoms in total. The highest BCUT2D eigenvalue weighted by molar-refractivity contribution is 5.85. The van der Waals surface area contributed by atoms with Gasteiger partial charge in [0.05, 0.1) is 12.5 Å². The zero-order chi connectivity index (χ0) is 15.5. The molecule has 0 radical (unpaired) electrons. The van der Waals surface area contributed by atoms with Crippen LogP contribution in [0.2, 0.25) is 0 Å². The molecule has 120 valence electrons. The summed E-state index contributed by atoms with van der Waals surface area (Å²) in [4.78, 5) is 12.0. The van der Waals surface area contributed by atoms with Crippen molar-refractivity contribution in [3.05, 3.63) is 0 Å². The average molecular weight is 310 g/mol. The minimum atomic E-state index is -4.41. The van der Waals surface area contributed by atoms with E-state index in [0.717, 1.165) is 0 Å². The van der Waals surface area contributed by atoms with Crippen molar-refractivity contribution in [2.75, 3.05) is 20.3 Å². The van der Waals surface area contributed by atoms with E-state index in [1.54, 1.807) is 6.92 Å². The van der Waals surface area contributed by atoms with Crippen LogP contribution in [0.3, 0.4) is 0 Å². The van der Waals surface area contributed by atoms with Crippen LogP contribution in [0.5, 0.6) is 0 Å². The van der Waals surface area contributed by atoms with Crippen molar-refractivity contribution in [2.45, 2.75) is 49.5 Å². The Morgan fingerprint density at radius 3 is 2.62 bits per heavy atom. The maximum atomic E-state index is 12.2. The van der Waals surface area contributed by atoms with Gasteiger partial charge in [-0.1, -0.05) is 0 Å². The lowest BCUT2D eigenvalue weighted by Gasteiger charge is -2.37. The summed E-state index contributed by atoms with van der Waals surface area (Å²) in [6, 6.07) is 0. The summed E-state index contributed by atoms with van der Waals surface area (Å²) in [7, 11) is 1.41. The molecule has 2 saturated heterocycles. The Morgan fingerprint density at radius 2 is 2.10 bits per heavy atom. The lowest BCUT2D eigenvalue weighted by atomic mass is 9.70. The Morgan fingerprint density at radius 1 is 1.43 bits per heavy atom. The number of ketones is 1. The molecule has 1 spiro atoms. The molecular weight excluding hydrogens is 293 g/mol. The first kappa shape index (κ1) is 15.2.